The first-order chi connectivity index (χ1) is 14.3. The van der Waals surface area contributed by atoms with E-state index in [0.29, 0.717) is 29.9 Å². The van der Waals surface area contributed by atoms with Crippen molar-refractivity contribution in [3.05, 3.63) is 71.2 Å². The smallest absolute Gasteiger partial charge is 0.159 e. The maximum atomic E-state index is 15.5. The van der Waals surface area contributed by atoms with Crippen molar-refractivity contribution >= 4 is 33.9 Å². The summed E-state index contributed by atoms with van der Waals surface area (Å²) in [6, 6.07) is 1.63. The van der Waals surface area contributed by atoms with Gasteiger partial charge in [-0.05, 0) is 32.9 Å². The molecule has 1 aromatic carbocycles. The molecule has 0 aliphatic carbocycles. The Morgan fingerprint density at radius 3 is 2.43 bits per heavy atom. The van der Waals surface area contributed by atoms with E-state index < -0.39 is 11.6 Å². The lowest BCUT2D eigenvalue weighted by Crippen LogP contribution is -2.45. The fourth-order valence-corrected chi connectivity index (χ4v) is 3.97. The van der Waals surface area contributed by atoms with Crippen LogP contribution in [-0.4, -0.2) is 41.0 Å². The molecular weight excluding hydrogens is 406 g/mol. The third kappa shape index (κ3) is 3.97. The van der Waals surface area contributed by atoms with Crippen LogP contribution in [0.2, 0.25) is 5.02 Å². The highest BCUT2D eigenvalue weighted by Crippen LogP contribution is 2.39. The number of piperazine rings is 1. The van der Waals surface area contributed by atoms with E-state index in [0.717, 1.165) is 18.8 Å². The Balaban J connectivity index is 2.09. The van der Waals surface area contributed by atoms with E-state index in [1.807, 2.05) is 0 Å². The standard InChI is InChI=1S/C23H25ClF2N4/c1-6-15(5)29-8-10-30(11-9-29)23-16-12-17(24)20(19(14(3)4)18(25)7-2)21(26)22(16)27-13-28-23/h6-7,12-13H,1,5,8-11H2,2-4H3/b18-7+. The predicted octanol–water partition coefficient (Wildman–Crippen LogP) is 5.91. The molecule has 1 aliphatic rings. The molecule has 0 unspecified atom stereocenters. The summed E-state index contributed by atoms with van der Waals surface area (Å²) in [5.74, 6) is -0.558. The average Bonchev–Trinajstić information content (AvgIpc) is 2.75. The van der Waals surface area contributed by atoms with E-state index in [1.54, 1.807) is 32.9 Å². The Morgan fingerprint density at radius 2 is 1.87 bits per heavy atom. The highest BCUT2D eigenvalue weighted by Gasteiger charge is 2.25. The molecule has 0 atom stereocenters. The number of rotatable bonds is 5. The van der Waals surface area contributed by atoms with Crippen LogP contribution in [0.4, 0.5) is 14.6 Å². The SMILES string of the molecule is C=CC(=C)N1CCN(c2ncnc3c(F)c(C(=C(C)C)/C(F)=C\C)c(Cl)cc23)CC1. The molecule has 0 radical (unpaired) electrons. The Kier molecular flexibility index (Phi) is 6.56. The van der Waals surface area contributed by atoms with Crippen molar-refractivity contribution in [1.82, 2.24) is 14.9 Å². The van der Waals surface area contributed by atoms with Crippen LogP contribution in [0.3, 0.4) is 0 Å². The molecule has 7 heteroatoms. The molecule has 1 aliphatic heterocycles. The van der Waals surface area contributed by atoms with Gasteiger partial charge in [0.05, 0.1) is 5.02 Å². The molecule has 1 fully saturated rings. The molecule has 158 valence electrons. The summed E-state index contributed by atoms with van der Waals surface area (Å²) in [6.45, 7) is 15.6. The van der Waals surface area contributed by atoms with Gasteiger partial charge in [0.1, 0.15) is 23.5 Å². The van der Waals surface area contributed by atoms with E-state index in [2.05, 4.69) is 32.9 Å². The number of hydrogen-bond donors (Lipinski definition) is 0. The average molecular weight is 431 g/mol. The minimum Gasteiger partial charge on any atom is -0.368 e. The Morgan fingerprint density at radius 1 is 1.20 bits per heavy atom. The lowest BCUT2D eigenvalue weighted by atomic mass is 9.97. The summed E-state index contributed by atoms with van der Waals surface area (Å²) in [6.07, 6.45) is 4.36. The molecule has 3 rings (SSSR count). The summed E-state index contributed by atoms with van der Waals surface area (Å²) in [5, 5.41) is 0.636. The van der Waals surface area contributed by atoms with Crippen molar-refractivity contribution in [2.75, 3.05) is 31.1 Å². The number of aromatic nitrogens is 2. The fourth-order valence-electron chi connectivity index (χ4n) is 3.68. The van der Waals surface area contributed by atoms with Crippen LogP contribution in [-0.2, 0) is 0 Å². The van der Waals surface area contributed by atoms with Gasteiger partial charge in [-0.3, -0.25) is 0 Å². The maximum absolute atomic E-state index is 15.5. The summed E-state index contributed by atoms with van der Waals surface area (Å²) >= 11 is 6.47. The first-order valence-electron chi connectivity index (χ1n) is 9.74. The quantitative estimate of drug-likeness (QED) is 0.552. The van der Waals surface area contributed by atoms with Crippen LogP contribution in [0, 0.1) is 5.82 Å². The van der Waals surface area contributed by atoms with Gasteiger partial charge in [0.25, 0.3) is 0 Å². The molecule has 0 amide bonds. The van der Waals surface area contributed by atoms with Crippen molar-refractivity contribution in [2.45, 2.75) is 20.8 Å². The van der Waals surface area contributed by atoms with Gasteiger partial charge in [0, 0.05) is 48.4 Å². The summed E-state index contributed by atoms with van der Waals surface area (Å²) in [7, 11) is 0. The summed E-state index contributed by atoms with van der Waals surface area (Å²) < 4.78 is 30.1. The maximum Gasteiger partial charge on any atom is 0.159 e. The monoisotopic (exact) mass is 430 g/mol. The number of hydrogen-bond acceptors (Lipinski definition) is 4. The highest BCUT2D eigenvalue weighted by molar-refractivity contribution is 6.33. The van der Waals surface area contributed by atoms with E-state index >= 15 is 4.39 Å². The van der Waals surface area contributed by atoms with Gasteiger partial charge in [0.2, 0.25) is 0 Å². The zero-order chi connectivity index (χ0) is 22.0. The molecule has 0 saturated carbocycles. The first kappa shape index (κ1) is 22.0. The van der Waals surface area contributed by atoms with Crippen LogP contribution in [0.25, 0.3) is 16.5 Å². The molecule has 0 N–H and O–H groups in total. The van der Waals surface area contributed by atoms with Crippen molar-refractivity contribution in [3.63, 3.8) is 0 Å². The lowest BCUT2D eigenvalue weighted by molar-refractivity contribution is 0.331. The largest absolute Gasteiger partial charge is 0.368 e. The van der Waals surface area contributed by atoms with E-state index in [4.69, 9.17) is 11.6 Å². The fraction of sp³-hybridized carbons (Fsp3) is 0.304. The van der Waals surface area contributed by atoms with Crippen LogP contribution >= 0.6 is 11.6 Å². The van der Waals surface area contributed by atoms with Gasteiger partial charge < -0.3 is 9.80 Å². The number of anilines is 1. The van der Waals surface area contributed by atoms with Crippen LogP contribution in [0.1, 0.15) is 26.3 Å². The van der Waals surface area contributed by atoms with Crippen molar-refractivity contribution in [2.24, 2.45) is 0 Å². The molecule has 2 aromatic rings. The van der Waals surface area contributed by atoms with Crippen molar-refractivity contribution in [3.8, 4) is 0 Å². The Bertz CT molecular complexity index is 1060. The summed E-state index contributed by atoms with van der Waals surface area (Å²) in [4.78, 5) is 12.8. The normalized spacial score (nSPS) is 14.8. The van der Waals surface area contributed by atoms with Gasteiger partial charge in [-0.1, -0.05) is 36.4 Å². The molecule has 2 heterocycles. The van der Waals surface area contributed by atoms with Gasteiger partial charge in [-0.2, -0.15) is 0 Å². The van der Waals surface area contributed by atoms with E-state index in [-0.39, 0.29) is 21.7 Å². The van der Waals surface area contributed by atoms with Gasteiger partial charge in [0.15, 0.2) is 5.82 Å². The third-order valence-electron chi connectivity index (χ3n) is 5.26. The zero-order valence-electron chi connectivity index (χ0n) is 17.5. The number of benzene rings is 1. The van der Waals surface area contributed by atoms with Gasteiger partial charge >= 0.3 is 0 Å². The number of halogens is 3. The molecule has 30 heavy (non-hydrogen) atoms. The van der Waals surface area contributed by atoms with Gasteiger partial charge in [-0.25, -0.2) is 18.7 Å². The second-order valence-corrected chi connectivity index (χ2v) is 7.73. The summed E-state index contributed by atoms with van der Waals surface area (Å²) in [5.41, 5.74) is 1.80. The van der Waals surface area contributed by atoms with Gasteiger partial charge in [-0.15, -0.1) is 0 Å². The third-order valence-corrected chi connectivity index (χ3v) is 5.56. The molecular formula is C23H25ClF2N4. The molecule has 4 nitrogen and oxygen atoms in total. The highest BCUT2D eigenvalue weighted by atomic mass is 35.5. The van der Waals surface area contributed by atoms with E-state index in [9.17, 15) is 4.39 Å². The predicted molar refractivity (Wildman–Crippen MR) is 121 cm³/mol. The zero-order valence-corrected chi connectivity index (χ0v) is 18.2. The second kappa shape index (κ2) is 8.96. The lowest BCUT2D eigenvalue weighted by Gasteiger charge is -2.37. The minimum absolute atomic E-state index is 0.0246. The number of nitrogens with zero attached hydrogens (tertiary/aromatic N) is 4. The number of fused-ring (bicyclic) bond motifs is 1. The van der Waals surface area contributed by atoms with E-state index in [1.165, 1.54) is 12.4 Å². The Hall–Kier alpha value is -2.73. The number of allylic oxidation sites excluding steroid dienone is 5. The van der Waals surface area contributed by atoms with Crippen LogP contribution < -0.4 is 4.90 Å². The molecule has 1 aromatic heterocycles. The van der Waals surface area contributed by atoms with Crippen LogP contribution in [0.15, 0.2) is 54.8 Å². The molecule has 1 saturated heterocycles. The van der Waals surface area contributed by atoms with Crippen LogP contribution in [0.5, 0.6) is 0 Å². The van der Waals surface area contributed by atoms with Crippen molar-refractivity contribution < 1.29 is 8.78 Å². The topological polar surface area (TPSA) is 32.3 Å². The first-order valence-corrected chi connectivity index (χ1v) is 10.1. The van der Waals surface area contributed by atoms with Crippen molar-refractivity contribution in [1.29, 1.82) is 0 Å². The molecule has 0 spiro atoms. The Labute approximate surface area is 180 Å². The minimum atomic E-state index is -0.645. The second-order valence-electron chi connectivity index (χ2n) is 7.32. The molecule has 0 bridgehead atoms.